The number of halogens is 2. The molecule has 0 spiro atoms. The van der Waals surface area contributed by atoms with Crippen LogP contribution in [0.15, 0.2) is 58.9 Å². The van der Waals surface area contributed by atoms with Gasteiger partial charge in [0.25, 0.3) is 5.91 Å². The maximum Gasteiger partial charge on any atom is 0.262 e. The molecule has 40 heavy (non-hydrogen) atoms. The number of para-hydroxylation sites is 1. The minimum absolute atomic E-state index is 0.110. The third-order valence-corrected chi connectivity index (χ3v) is 8.69. The molecule has 5 rings (SSSR count). The number of hydrogen-bond acceptors (Lipinski definition) is 6. The van der Waals surface area contributed by atoms with Gasteiger partial charge in [0.05, 0.1) is 20.9 Å². The van der Waals surface area contributed by atoms with Gasteiger partial charge < -0.3 is 19.7 Å². The van der Waals surface area contributed by atoms with E-state index in [1.54, 1.807) is 24.3 Å². The molecular formula is C31H32ClIN2O5. The van der Waals surface area contributed by atoms with Gasteiger partial charge in [-0.15, -0.1) is 0 Å². The van der Waals surface area contributed by atoms with Crippen LogP contribution in [0.1, 0.15) is 63.9 Å². The van der Waals surface area contributed by atoms with E-state index >= 15 is 0 Å². The van der Waals surface area contributed by atoms with Gasteiger partial charge in [-0.25, -0.2) is 0 Å². The first-order chi connectivity index (χ1) is 19.3. The topological polar surface area (TPSA) is 84.9 Å². The zero-order valence-electron chi connectivity index (χ0n) is 22.6. The lowest BCUT2D eigenvalue weighted by molar-refractivity contribution is -0.118. The number of rotatable bonds is 8. The SMILES string of the molecule is CCOc1cc(C2C3=C(CCCC3=O)N(CC)C3=C2C(=O)CCC3)cc(I)c1OCC(=O)Nc1ccccc1Cl. The zero-order valence-corrected chi connectivity index (χ0v) is 25.6. The van der Waals surface area contributed by atoms with Crippen LogP contribution in [-0.2, 0) is 14.4 Å². The first-order valence-electron chi connectivity index (χ1n) is 13.8. The van der Waals surface area contributed by atoms with Crippen LogP contribution in [0.25, 0.3) is 0 Å². The largest absolute Gasteiger partial charge is 0.490 e. The second kappa shape index (κ2) is 12.3. The molecule has 0 atom stereocenters. The van der Waals surface area contributed by atoms with E-state index < -0.39 is 5.92 Å². The van der Waals surface area contributed by atoms with E-state index in [4.69, 9.17) is 21.1 Å². The maximum atomic E-state index is 13.4. The van der Waals surface area contributed by atoms with E-state index in [-0.39, 0.29) is 24.1 Å². The Balaban J connectivity index is 1.52. The quantitative estimate of drug-likeness (QED) is 0.311. The van der Waals surface area contributed by atoms with Crippen LogP contribution in [0, 0.1) is 3.57 Å². The van der Waals surface area contributed by atoms with Crippen LogP contribution in [0.2, 0.25) is 5.02 Å². The standard InChI is InChI=1S/C31H32ClIN2O5/c1-3-35-22-11-7-13-24(36)29(22)28(30-23(35)12-8-14-25(30)37)18-15-20(33)31(26(16-18)39-4-2)40-17-27(38)34-21-10-6-5-9-19(21)32/h5-6,9-10,15-16,28H,3-4,7-8,11-14,17H2,1-2H3,(H,34,38). The minimum atomic E-state index is -0.432. The molecule has 2 aromatic rings. The molecule has 2 aliphatic carbocycles. The number of hydrogen-bond donors (Lipinski definition) is 1. The predicted octanol–water partition coefficient (Wildman–Crippen LogP) is 6.79. The highest BCUT2D eigenvalue weighted by Gasteiger charge is 2.43. The van der Waals surface area contributed by atoms with E-state index in [9.17, 15) is 14.4 Å². The molecule has 0 saturated carbocycles. The molecule has 0 bridgehead atoms. The Hall–Kier alpha value is -2.85. The van der Waals surface area contributed by atoms with Gasteiger partial charge in [-0.3, -0.25) is 14.4 Å². The lowest BCUT2D eigenvalue weighted by Gasteiger charge is -2.43. The Labute approximate surface area is 253 Å². The van der Waals surface area contributed by atoms with E-state index in [1.807, 2.05) is 19.1 Å². The fraction of sp³-hybridized carbons (Fsp3) is 0.387. The summed E-state index contributed by atoms with van der Waals surface area (Å²) in [6.07, 6.45) is 4.27. The van der Waals surface area contributed by atoms with Gasteiger partial charge in [0.2, 0.25) is 0 Å². The number of allylic oxidation sites excluding steroid dienone is 4. The molecule has 0 fully saturated rings. The maximum absolute atomic E-state index is 13.4. The fourth-order valence-electron chi connectivity index (χ4n) is 5.98. The van der Waals surface area contributed by atoms with Crippen LogP contribution in [-0.4, -0.2) is 42.1 Å². The van der Waals surface area contributed by atoms with Crippen molar-refractivity contribution in [1.82, 2.24) is 4.90 Å². The Bertz CT molecular complexity index is 1390. The molecule has 1 amide bonds. The Morgan fingerprint density at radius 1 is 1.00 bits per heavy atom. The summed E-state index contributed by atoms with van der Waals surface area (Å²) in [6.45, 7) is 4.84. The van der Waals surface area contributed by atoms with Crippen molar-refractivity contribution in [3.8, 4) is 11.5 Å². The highest BCUT2D eigenvalue weighted by atomic mass is 127. The lowest BCUT2D eigenvalue weighted by atomic mass is 9.71. The molecule has 0 unspecified atom stereocenters. The molecule has 0 saturated heterocycles. The number of ketones is 2. The second-order valence-electron chi connectivity index (χ2n) is 10.0. The third-order valence-electron chi connectivity index (χ3n) is 7.56. The Kier molecular flexibility index (Phi) is 8.85. The normalized spacial score (nSPS) is 17.6. The molecule has 9 heteroatoms. The average Bonchev–Trinajstić information content (AvgIpc) is 2.93. The van der Waals surface area contributed by atoms with Gasteiger partial charge in [0.15, 0.2) is 29.7 Å². The monoisotopic (exact) mass is 674 g/mol. The summed E-state index contributed by atoms with van der Waals surface area (Å²) >= 11 is 8.34. The van der Waals surface area contributed by atoms with Gasteiger partial charge in [-0.2, -0.15) is 0 Å². The number of nitrogens with one attached hydrogen (secondary N) is 1. The van der Waals surface area contributed by atoms with Gasteiger partial charge in [-0.05, 0) is 92.0 Å². The molecular weight excluding hydrogens is 643 g/mol. The Morgan fingerprint density at radius 2 is 1.65 bits per heavy atom. The third kappa shape index (κ3) is 5.52. The number of carbonyl (C=O) groups excluding carboxylic acids is 3. The number of benzene rings is 2. The van der Waals surface area contributed by atoms with Crippen molar-refractivity contribution >= 4 is 57.4 Å². The van der Waals surface area contributed by atoms with E-state index in [1.165, 1.54) is 0 Å². The van der Waals surface area contributed by atoms with Gasteiger partial charge in [0, 0.05) is 47.8 Å². The number of nitrogens with zero attached hydrogens (tertiary/aromatic N) is 1. The van der Waals surface area contributed by atoms with Crippen LogP contribution in [0.3, 0.4) is 0 Å². The molecule has 1 aliphatic heterocycles. The summed E-state index contributed by atoms with van der Waals surface area (Å²) in [5.41, 5.74) is 4.94. The number of amides is 1. The average molecular weight is 675 g/mol. The highest BCUT2D eigenvalue weighted by molar-refractivity contribution is 14.1. The summed E-state index contributed by atoms with van der Waals surface area (Å²) in [4.78, 5) is 41.7. The lowest BCUT2D eigenvalue weighted by Crippen LogP contribution is -2.39. The van der Waals surface area contributed by atoms with Crippen molar-refractivity contribution in [1.29, 1.82) is 0 Å². The summed E-state index contributed by atoms with van der Waals surface area (Å²) in [7, 11) is 0. The van der Waals surface area contributed by atoms with Crippen LogP contribution in [0.4, 0.5) is 5.69 Å². The zero-order chi connectivity index (χ0) is 28.4. The van der Waals surface area contributed by atoms with E-state index in [0.29, 0.717) is 41.7 Å². The van der Waals surface area contributed by atoms with Crippen molar-refractivity contribution < 1.29 is 23.9 Å². The van der Waals surface area contributed by atoms with Gasteiger partial charge in [-0.1, -0.05) is 23.7 Å². The first-order valence-corrected chi connectivity index (χ1v) is 15.2. The van der Waals surface area contributed by atoms with Crippen LogP contribution < -0.4 is 14.8 Å². The minimum Gasteiger partial charge on any atom is -0.490 e. The van der Waals surface area contributed by atoms with Crippen molar-refractivity contribution in [2.45, 2.75) is 58.3 Å². The number of carbonyl (C=O) groups is 3. The van der Waals surface area contributed by atoms with E-state index in [0.717, 1.165) is 63.9 Å². The summed E-state index contributed by atoms with van der Waals surface area (Å²) in [5.74, 6) is 0.355. The summed E-state index contributed by atoms with van der Waals surface area (Å²) in [5, 5.41) is 3.21. The molecule has 1 heterocycles. The smallest absolute Gasteiger partial charge is 0.262 e. The summed E-state index contributed by atoms with van der Waals surface area (Å²) < 4.78 is 12.7. The molecule has 210 valence electrons. The molecule has 1 N–H and O–H groups in total. The van der Waals surface area contributed by atoms with Gasteiger partial charge >= 0.3 is 0 Å². The van der Waals surface area contributed by atoms with Crippen molar-refractivity contribution in [3.63, 3.8) is 0 Å². The van der Waals surface area contributed by atoms with Crippen molar-refractivity contribution in [3.05, 3.63) is 73.1 Å². The molecule has 7 nitrogen and oxygen atoms in total. The van der Waals surface area contributed by atoms with Gasteiger partial charge in [0.1, 0.15) is 0 Å². The number of Topliss-reactive ketones (excluding diaryl/α,β-unsaturated/α-hetero) is 2. The highest BCUT2D eigenvalue weighted by Crippen LogP contribution is 2.50. The first kappa shape index (κ1) is 28.7. The van der Waals surface area contributed by atoms with Crippen molar-refractivity contribution in [2.24, 2.45) is 0 Å². The summed E-state index contributed by atoms with van der Waals surface area (Å²) in [6, 6.07) is 10.8. The molecule has 3 aliphatic rings. The van der Waals surface area contributed by atoms with Crippen molar-refractivity contribution in [2.75, 3.05) is 25.1 Å². The number of anilines is 1. The molecule has 0 radical (unpaired) electrons. The number of ether oxygens (including phenoxy) is 2. The predicted molar refractivity (Wildman–Crippen MR) is 163 cm³/mol. The molecule has 0 aromatic heterocycles. The van der Waals surface area contributed by atoms with E-state index in [2.05, 4.69) is 39.7 Å². The van der Waals surface area contributed by atoms with Crippen LogP contribution >= 0.6 is 34.2 Å². The van der Waals surface area contributed by atoms with Crippen LogP contribution in [0.5, 0.6) is 11.5 Å². The Morgan fingerprint density at radius 3 is 2.25 bits per heavy atom. The fourth-order valence-corrected chi connectivity index (χ4v) is 6.94. The second-order valence-corrected chi connectivity index (χ2v) is 11.6. The molecule has 2 aromatic carbocycles.